The van der Waals surface area contributed by atoms with E-state index in [1.54, 1.807) is 18.2 Å². The van der Waals surface area contributed by atoms with Crippen LogP contribution in [0.1, 0.15) is 23.0 Å². The molecular weight excluding hydrogens is 519 g/mol. The molecule has 1 amide bonds. The van der Waals surface area contributed by atoms with Crippen molar-refractivity contribution in [3.63, 3.8) is 0 Å². The van der Waals surface area contributed by atoms with Gasteiger partial charge in [0.15, 0.2) is 5.82 Å². The maximum atomic E-state index is 14.7. The number of hydrogen-bond acceptors (Lipinski definition) is 7. The molecule has 1 aromatic heterocycles. The van der Waals surface area contributed by atoms with Crippen molar-refractivity contribution in [2.75, 3.05) is 56.4 Å². The molecule has 0 unspecified atom stereocenters. The number of morpholine rings is 1. The van der Waals surface area contributed by atoms with E-state index in [2.05, 4.69) is 42.5 Å². The van der Waals surface area contributed by atoms with Gasteiger partial charge in [-0.15, -0.1) is 0 Å². The lowest BCUT2D eigenvalue weighted by molar-refractivity contribution is -0.111. The van der Waals surface area contributed by atoms with Crippen LogP contribution in [-0.2, 0) is 9.53 Å². The van der Waals surface area contributed by atoms with Crippen LogP contribution >= 0.6 is 11.6 Å². The molecule has 2 aromatic carbocycles. The first-order chi connectivity index (χ1) is 22.0. The van der Waals surface area contributed by atoms with Crippen LogP contribution in [0, 0.1) is 29.0 Å². The molecule has 2 atom stereocenters. The van der Waals surface area contributed by atoms with Crippen LogP contribution in [0.4, 0.5) is 21.6 Å². The lowest BCUT2D eigenvalue weighted by Gasteiger charge is -2.25. The molecule has 2 aliphatic heterocycles. The van der Waals surface area contributed by atoms with Crippen molar-refractivity contribution >= 4 is 45.6 Å². The maximum absolute atomic E-state index is 14.7. The minimum absolute atomic E-state index is 0.0686. The molecule has 3 aromatic rings. The summed E-state index contributed by atoms with van der Waals surface area (Å²) in [5, 5.41) is 9.29. The van der Waals surface area contributed by atoms with Gasteiger partial charge < -0.3 is 20.7 Å². The maximum Gasteiger partial charge on any atom is 0.248 e. The van der Waals surface area contributed by atoms with Gasteiger partial charge in [0.2, 0.25) is 5.91 Å². The quantitative estimate of drug-likeness (QED) is 0.314. The van der Waals surface area contributed by atoms with Crippen molar-refractivity contribution in [2.24, 2.45) is 11.3 Å². The van der Waals surface area contributed by atoms with Crippen LogP contribution in [0.3, 0.4) is 0 Å². The Morgan fingerprint density at radius 1 is 1.33 bits per heavy atom. The number of fused-ring (bicyclic) bond motifs is 2. The highest BCUT2D eigenvalue weighted by Gasteiger charge is 2.56. The number of rotatable bonds is 6. The van der Waals surface area contributed by atoms with Gasteiger partial charge in [0, 0.05) is 48.4 Å². The SMILES string of the molecule is [2H]C1([2H])OC([2H])([2H])C([2H])([2H])N(C/C=C/C(=O)Nc2cc3c(Nc4cccc(Cl)c4F)ncnc3cc2C#C[C@]23CNC[C@H]2C3)C1([2H])[2H]. The van der Waals surface area contributed by atoms with Crippen molar-refractivity contribution in [3.05, 3.63) is 65.2 Å². The summed E-state index contributed by atoms with van der Waals surface area (Å²) >= 11 is 5.95. The molecule has 6 rings (SSSR count). The Morgan fingerprint density at radius 3 is 3.00 bits per heavy atom. The van der Waals surface area contributed by atoms with Crippen molar-refractivity contribution in [1.82, 2.24) is 20.2 Å². The fraction of sp³-hybridized carbons (Fsp3) is 0.345. The minimum Gasteiger partial charge on any atom is -0.379 e. The number of nitrogens with one attached hydrogen (secondary N) is 3. The smallest absolute Gasteiger partial charge is 0.248 e. The van der Waals surface area contributed by atoms with Gasteiger partial charge in [0.1, 0.15) is 12.1 Å². The van der Waals surface area contributed by atoms with E-state index >= 15 is 0 Å². The Labute approximate surface area is 242 Å². The van der Waals surface area contributed by atoms with E-state index in [-0.39, 0.29) is 27.6 Å². The summed E-state index contributed by atoms with van der Waals surface area (Å²) in [4.78, 5) is 22.1. The Morgan fingerprint density at radius 2 is 2.21 bits per heavy atom. The predicted octanol–water partition coefficient (Wildman–Crippen LogP) is 3.95. The van der Waals surface area contributed by atoms with Gasteiger partial charge in [-0.2, -0.15) is 0 Å². The lowest BCUT2D eigenvalue weighted by atomic mass is 10.0. The fourth-order valence-electron chi connectivity index (χ4n) is 4.60. The molecule has 3 aliphatic rings. The number of carbonyl (C=O) groups excluding carboxylic acids is 1. The number of halogens is 2. The minimum atomic E-state index is -3.20. The summed E-state index contributed by atoms with van der Waals surface area (Å²) in [6.07, 6.45) is 4.35. The van der Waals surface area contributed by atoms with E-state index in [0.717, 1.165) is 31.7 Å². The van der Waals surface area contributed by atoms with Crippen molar-refractivity contribution in [1.29, 1.82) is 0 Å². The molecule has 0 spiro atoms. The Bertz CT molecular complexity index is 1840. The normalized spacial score (nSPS) is 30.6. The summed E-state index contributed by atoms with van der Waals surface area (Å²) in [7, 11) is 0. The van der Waals surface area contributed by atoms with E-state index in [4.69, 9.17) is 22.6 Å². The molecular formula is C29H28ClFN6O2. The number of piperidine rings is 1. The highest BCUT2D eigenvalue weighted by atomic mass is 35.5. The second-order valence-electron chi connectivity index (χ2n) is 9.33. The van der Waals surface area contributed by atoms with Crippen LogP contribution in [0.2, 0.25) is 5.02 Å². The van der Waals surface area contributed by atoms with Crippen LogP contribution in [0.25, 0.3) is 10.9 Å². The van der Waals surface area contributed by atoms with E-state index < -0.39 is 44.4 Å². The van der Waals surface area contributed by atoms with Gasteiger partial charge in [-0.3, -0.25) is 9.69 Å². The average molecular weight is 555 g/mol. The summed E-state index contributed by atoms with van der Waals surface area (Å²) < 4.78 is 83.1. The van der Waals surface area contributed by atoms with Crippen molar-refractivity contribution < 1.29 is 24.9 Å². The van der Waals surface area contributed by atoms with Gasteiger partial charge in [0.05, 0.1) is 46.1 Å². The molecule has 0 bridgehead atoms. The number of benzene rings is 2. The highest BCUT2D eigenvalue weighted by Crippen LogP contribution is 2.54. The van der Waals surface area contributed by atoms with Gasteiger partial charge in [-0.05, 0) is 43.1 Å². The summed E-state index contributed by atoms with van der Waals surface area (Å²) in [5.41, 5.74) is 1.07. The second-order valence-corrected chi connectivity index (χ2v) is 9.74. The largest absolute Gasteiger partial charge is 0.379 e. The van der Waals surface area contributed by atoms with E-state index in [0.29, 0.717) is 27.3 Å². The first-order valence-corrected chi connectivity index (χ1v) is 12.5. The zero-order valence-corrected chi connectivity index (χ0v) is 21.2. The number of carbonyl (C=O) groups is 1. The summed E-state index contributed by atoms with van der Waals surface area (Å²) in [6, 6.07) is 7.71. The zero-order chi connectivity index (χ0) is 34.0. The Balaban J connectivity index is 1.31. The number of ether oxygens (including phenoxy) is 1. The van der Waals surface area contributed by atoms with Gasteiger partial charge in [-0.1, -0.05) is 35.6 Å². The highest BCUT2D eigenvalue weighted by molar-refractivity contribution is 6.31. The second kappa shape index (κ2) is 10.9. The number of nitrogens with zero attached hydrogens (tertiary/aromatic N) is 3. The lowest BCUT2D eigenvalue weighted by Crippen LogP contribution is -2.36. The molecule has 1 saturated carbocycles. The Kier molecular flexibility index (Phi) is 5.01. The van der Waals surface area contributed by atoms with E-state index in [9.17, 15) is 9.18 Å². The first-order valence-electron chi connectivity index (χ1n) is 16.2. The van der Waals surface area contributed by atoms with E-state index in [1.165, 1.54) is 18.5 Å². The average Bonchev–Trinajstić information content (AvgIpc) is 3.53. The molecule has 1 aliphatic carbocycles. The van der Waals surface area contributed by atoms with E-state index in [1.807, 2.05) is 0 Å². The van der Waals surface area contributed by atoms with Crippen LogP contribution in [0.15, 0.2) is 48.8 Å². The summed E-state index contributed by atoms with van der Waals surface area (Å²) in [6.45, 7) is -11.6. The number of amides is 1. The summed E-state index contributed by atoms with van der Waals surface area (Å²) in [5.74, 6) is 5.79. The first kappa shape index (κ1) is 17.9. The molecule has 3 fully saturated rings. The van der Waals surface area contributed by atoms with Crippen LogP contribution in [0.5, 0.6) is 0 Å². The van der Waals surface area contributed by atoms with Crippen molar-refractivity contribution in [2.45, 2.75) is 6.42 Å². The molecule has 2 saturated heterocycles. The number of aromatic nitrogens is 2. The molecule has 0 radical (unpaired) electrons. The Hall–Kier alpha value is -3.55. The monoisotopic (exact) mass is 554 g/mol. The third kappa shape index (κ3) is 5.60. The third-order valence-electron chi connectivity index (χ3n) is 6.77. The van der Waals surface area contributed by atoms with Gasteiger partial charge in [0.25, 0.3) is 0 Å². The molecule has 10 heteroatoms. The number of hydrogen-bond donors (Lipinski definition) is 3. The molecule has 8 nitrogen and oxygen atoms in total. The zero-order valence-electron chi connectivity index (χ0n) is 28.4. The molecule has 200 valence electrons. The standard InChI is InChI=1S/C29H28ClFN6O2/c30-22-3-1-4-23(27(22)31)36-28-21-14-24(35-26(38)5-2-8-37-9-11-39-12-10-37)19(13-25(21)33-18-34-28)6-7-29-15-20(29)16-32-17-29/h1-5,13-14,18,20,32H,8-12,15-17H2,(H,35,38)(H,33,34,36)/b5-2+/t20-,29+/m1/s1/i9D2,10D2,11D2,12D2. The molecule has 3 N–H and O–H groups in total. The van der Waals surface area contributed by atoms with Crippen LogP contribution < -0.4 is 16.0 Å². The fourth-order valence-corrected chi connectivity index (χ4v) is 4.78. The third-order valence-corrected chi connectivity index (χ3v) is 7.06. The molecule has 39 heavy (non-hydrogen) atoms. The molecule has 3 heterocycles. The van der Waals surface area contributed by atoms with Crippen LogP contribution in [-0.4, -0.2) is 66.5 Å². The predicted molar refractivity (Wildman–Crippen MR) is 150 cm³/mol. The van der Waals surface area contributed by atoms with Gasteiger partial charge >= 0.3 is 0 Å². The topological polar surface area (TPSA) is 91.4 Å². The van der Waals surface area contributed by atoms with Gasteiger partial charge in [-0.25, -0.2) is 14.4 Å². The van der Waals surface area contributed by atoms with Crippen molar-refractivity contribution in [3.8, 4) is 11.8 Å². The number of anilines is 3.